The molecule has 88 valence electrons. The van der Waals surface area contributed by atoms with E-state index in [4.69, 9.17) is 10.5 Å². The van der Waals surface area contributed by atoms with E-state index >= 15 is 0 Å². The molecule has 0 bridgehead atoms. The van der Waals surface area contributed by atoms with Gasteiger partial charge < -0.3 is 10.5 Å². The van der Waals surface area contributed by atoms with E-state index < -0.39 is 0 Å². The first-order valence-electron chi connectivity index (χ1n) is 5.63. The molecular formula is C13H18BrNO. The standard InChI is InChI=1S/C13H18BrNO/c1-9(15)13(5-6-13)12-4-3-11(14)7-10(12)8-16-2/h3-4,7,9H,5-6,8,15H2,1-2H3. The van der Waals surface area contributed by atoms with E-state index in [1.165, 1.54) is 24.0 Å². The van der Waals surface area contributed by atoms with Gasteiger partial charge in [0.2, 0.25) is 0 Å². The summed E-state index contributed by atoms with van der Waals surface area (Å²) < 4.78 is 6.37. The summed E-state index contributed by atoms with van der Waals surface area (Å²) in [5, 5.41) is 0. The lowest BCUT2D eigenvalue weighted by Crippen LogP contribution is -2.32. The summed E-state index contributed by atoms with van der Waals surface area (Å²) in [6.07, 6.45) is 2.39. The lowest BCUT2D eigenvalue weighted by atomic mass is 9.86. The smallest absolute Gasteiger partial charge is 0.0716 e. The predicted octanol–water partition coefficient (Wildman–Crippen LogP) is 2.97. The highest BCUT2D eigenvalue weighted by Gasteiger charge is 2.48. The van der Waals surface area contributed by atoms with Crippen LogP contribution in [0.25, 0.3) is 0 Å². The number of rotatable bonds is 4. The molecule has 0 amide bonds. The molecule has 1 fully saturated rings. The number of benzene rings is 1. The van der Waals surface area contributed by atoms with Crippen LogP contribution in [-0.2, 0) is 16.8 Å². The summed E-state index contributed by atoms with van der Waals surface area (Å²) >= 11 is 3.50. The topological polar surface area (TPSA) is 35.2 Å². The molecule has 3 heteroatoms. The Morgan fingerprint density at radius 3 is 2.69 bits per heavy atom. The van der Waals surface area contributed by atoms with Gasteiger partial charge >= 0.3 is 0 Å². The fraction of sp³-hybridized carbons (Fsp3) is 0.538. The lowest BCUT2D eigenvalue weighted by Gasteiger charge is -2.23. The molecule has 0 aromatic heterocycles. The van der Waals surface area contributed by atoms with Gasteiger partial charge in [0.15, 0.2) is 0 Å². The summed E-state index contributed by atoms with van der Waals surface area (Å²) in [5.74, 6) is 0. The molecule has 0 spiro atoms. The third-order valence-electron chi connectivity index (χ3n) is 3.56. The molecule has 1 aliphatic carbocycles. The number of hydrogen-bond acceptors (Lipinski definition) is 2. The summed E-state index contributed by atoms with van der Waals surface area (Å²) in [5.41, 5.74) is 8.94. The molecule has 1 aromatic rings. The van der Waals surface area contributed by atoms with Crippen LogP contribution in [0.15, 0.2) is 22.7 Å². The Morgan fingerprint density at radius 2 is 2.19 bits per heavy atom. The maximum absolute atomic E-state index is 6.12. The van der Waals surface area contributed by atoms with E-state index in [1.807, 2.05) is 0 Å². The Kier molecular flexibility index (Phi) is 3.38. The zero-order chi connectivity index (χ0) is 11.8. The van der Waals surface area contributed by atoms with Crippen molar-refractivity contribution in [3.05, 3.63) is 33.8 Å². The minimum atomic E-state index is 0.203. The molecule has 1 aromatic carbocycles. The van der Waals surface area contributed by atoms with Crippen molar-refractivity contribution < 1.29 is 4.74 Å². The minimum Gasteiger partial charge on any atom is -0.380 e. The second-order valence-electron chi connectivity index (χ2n) is 4.68. The van der Waals surface area contributed by atoms with E-state index in [0.29, 0.717) is 6.61 Å². The Balaban J connectivity index is 2.40. The average Bonchev–Trinajstić information content (AvgIpc) is 2.99. The van der Waals surface area contributed by atoms with E-state index in [2.05, 4.69) is 41.1 Å². The van der Waals surface area contributed by atoms with E-state index in [0.717, 1.165) is 4.47 Å². The van der Waals surface area contributed by atoms with Crippen molar-refractivity contribution in [2.75, 3.05) is 7.11 Å². The van der Waals surface area contributed by atoms with Gasteiger partial charge in [-0.25, -0.2) is 0 Å². The van der Waals surface area contributed by atoms with E-state index in [1.54, 1.807) is 7.11 Å². The number of nitrogens with two attached hydrogens (primary N) is 1. The Labute approximate surface area is 105 Å². The van der Waals surface area contributed by atoms with Crippen molar-refractivity contribution in [1.82, 2.24) is 0 Å². The molecule has 2 N–H and O–H groups in total. The first-order valence-corrected chi connectivity index (χ1v) is 6.43. The Hall–Kier alpha value is -0.380. The summed E-state index contributed by atoms with van der Waals surface area (Å²) in [6.45, 7) is 2.76. The fourth-order valence-electron chi connectivity index (χ4n) is 2.43. The van der Waals surface area contributed by atoms with Crippen LogP contribution in [0.5, 0.6) is 0 Å². The van der Waals surface area contributed by atoms with Crippen molar-refractivity contribution >= 4 is 15.9 Å². The monoisotopic (exact) mass is 283 g/mol. The predicted molar refractivity (Wildman–Crippen MR) is 69.4 cm³/mol. The summed E-state index contributed by atoms with van der Waals surface area (Å²) in [6, 6.07) is 6.64. The van der Waals surface area contributed by atoms with Crippen LogP contribution >= 0.6 is 15.9 Å². The number of hydrogen-bond donors (Lipinski definition) is 1. The van der Waals surface area contributed by atoms with Gasteiger partial charge in [0.05, 0.1) is 6.61 Å². The van der Waals surface area contributed by atoms with Crippen molar-refractivity contribution in [2.24, 2.45) is 5.73 Å². The summed E-state index contributed by atoms with van der Waals surface area (Å²) in [4.78, 5) is 0. The highest BCUT2D eigenvalue weighted by molar-refractivity contribution is 9.10. The molecule has 2 rings (SSSR count). The quantitative estimate of drug-likeness (QED) is 0.922. The molecule has 0 aliphatic heterocycles. The number of ether oxygens (including phenoxy) is 1. The lowest BCUT2D eigenvalue weighted by molar-refractivity contribution is 0.183. The van der Waals surface area contributed by atoms with Gasteiger partial charge in [-0.3, -0.25) is 0 Å². The number of halogens is 1. The molecular weight excluding hydrogens is 266 g/mol. The van der Waals surface area contributed by atoms with Gasteiger partial charge in [0, 0.05) is 23.0 Å². The third-order valence-corrected chi connectivity index (χ3v) is 4.06. The van der Waals surface area contributed by atoms with Gasteiger partial charge in [0.1, 0.15) is 0 Å². The van der Waals surface area contributed by atoms with Crippen LogP contribution in [-0.4, -0.2) is 13.2 Å². The van der Waals surface area contributed by atoms with Crippen LogP contribution in [0.4, 0.5) is 0 Å². The minimum absolute atomic E-state index is 0.203. The van der Waals surface area contributed by atoms with Crippen LogP contribution in [0.1, 0.15) is 30.9 Å². The third kappa shape index (κ3) is 2.04. The molecule has 1 unspecified atom stereocenters. The SMILES string of the molecule is COCc1cc(Br)ccc1C1(C(C)N)CC1. The van der Waals surface area contributed by atoms with Gasteiger partial charge in [-0.2, -0.15) is 0 Å². The van der Waals surface area contributed by atoms with E-state index in [-0.39, 0.29) is 11.5 Å². The second-order valence-corrected chi connectivity index (χ2v) is 5.59. The first-order chi connectivity index (χ1) is 7.60. The Morgan fingerprint density at radius 1 is 1.50 bits per heavy atom. The van der Waals surface area contributed by atoms with Gasteiger partial charge in [0.25, 0.3) is 0 Å². The summed E-state index contributed by atoms with van der Waals surface area (Å²) in [7, 11) is 1.73. The van der Waals surface area contributed by atoms with Crippen molar-refractivity contribution in [3.63, 3.8) is 0 Å². The molecule has 16 heavy (non-hydrogen) atoms. The Bertz CT molecular complexity index is 386. The second kappa shape index (κ2) is 4.47. The van der Waals surface area contributed by atoms with Crippen LogP contribution in [0, 0.1) is 0 Å². The van der Waals surface area contributed by atoms with Crippen molar-refractivity contribution in [2.45, 2.75) is 37.8 Å². The molecule has 1 saturated carbocycles. The molecule has 1 atom stereocenters. The molecule has 1 aliphatic rings. The maximum Gasteiger partial charge on any atom is 0.0716 e. The van der Waals surface area contributed by atoms with Crippen molar-refractivity contribution in [3.8, 4) is 0 Å². The molecule has 2 nitrogen and oxygen atoms in total. The number of methoxy groups -OCH3 is 1. The van der Waals surface area contributed by atoms with Gasteiger partial charge in [-0.1, -0.05) is 22.0 Å². The van der Waals surface area contributed by atoms with Crippen LogP contribution < -0.4 is 5.73 Å². The molecule has 0 heterocycles. The normalized spacial score (nSPS) is 19.5. The van der Waals surface area contributed by atoms with Crippen LogP contribution in [0.2, 0.25) is 0 Å². The van der Waals surface area contributed by atoms with Gasteiger partial charge in [-0.15, -0.1) is 0 Å². The zero-order valence-corrected chi connectivity index (χ0v) is 11.4. The first kappa shape index (κ1) is 12.1. The zero-order valence-electron chi connectivity index (χ0n) is 9.79. The highest BCUT2D eigenvalue weighted by atomic mass is 79.9. The molecule has 0 saturated heterocycles. The molecule has 0 radical (unpaired) electrons. The fourth-order valence-corrected chi connectivity index (χ4v) is 2.84. The highest BCUT2D eigenvalue weighted by Crippen LogP contribution is 2.51. The maximum atomic E-state index is 6.12. The van der Waals surface area contributed by atoms with Gasteiger partial charge in [-0.05, 0) is 43.0 Å². The average molecular weight is 284 g/mol. The largest absolute Gasteiger partial charge is 0.380 e. The van der Waals surface area contributed by atoms with E-state index in [9.17, 15) is 0 Å². The van der Waals surface area contributed by atoms with Crippen molar-refractivity contribution in [1.29, 1.82) is 0 Å². The van der Waals surface area contributed by atoms with Crippen LogP contribution in [0.3, 0.4) is 0 Å².